The molecule has 13 aromatic rings. The number of aromatic nitrogens is 2. The van der Waals surface area contributed by atoms with Gasteiger partial charge in [0.1, 0.15) is 0 Å². The van der Waals surface area contributed by atoms with Gasteiger partial charge in [0.15, 0.2) is 0 Å². The summed E-state index contributed by atoms with van der Waals surface area (Å²) in [5.41, 5.74) is 22.6. The molecule has 0 saturated heterocycles. The predicted octanol–water partition coefficient (Wildman–Crippen LogP) is 15.3. The van der Waals surface area contributed by atoms with Gasteiger partial charge >= 0.3 is 0 Å². The first-order valence-electron chi connectivity index (χ1n) is 24.6. The lowest BCUT2D eigenvalue weighted by Crippen LogP contribution is -2.61. The Morgan fingerprint density at radius 3 is 1.03 bits per heavy atom. The summed E-state index contributed by atoms with van der Waals surface area (Å²) >= 11 is 0. The van der Waals surface area contributed by atoms with E-state index in [-0.39, 0.29) is 6.71 Å². The number of hydrogen-bond acceptors (Lipinski definition) is 2. The van der Waals surface area contributed by atoms with Crippen LogP contribution >= 0.6 is 0 Å². The number of para-hydroxylation sites is 10. The van der Waals surface area contributed by atoms with Crippen molar-refractivity contribution in [2.45, 2.75) is 0 Å². The summed E-state index contributed by atoms with van der Waals surface area (Å²) < 4.78 is 4.94. The van der Waals surface area contributed by atoms with Crippen LogP contribution in [0.3, 0.4) is 0 Å². The fourth-order valence-corrected chi connectivity index (χ4v) is 12.3. The molecule has 2 aliphatic heterocycles. The highest BCUT2D eigenvalue weighted by Gasteiger charge is 2.45. The Labute approximate surface area is 412 Å². The molecule has 0 unspecified atom stereocenters. The zero-order valence-corrected chi connectivity index (χ0v) is 38.7. The monoisotopic (exact) mass is 902 g/mol. The van der Waals surface area contributed by atoms with E-state index in [1.807, 2.05) is 0 Å². The summed E-state index contributed by atoms with van der Waals surface area (Å²) in [7, 11) is 0. The molecule has 71 heavy (non-hydrogen) atoms. The summed E-state index contributed by atoms with van der Waals surface area (Å²) in [4.78, 5) is 5.09. The van der Waals surface area contributed by atoms with Gasteiger partial charge in [-0.05, 0) is 89.2 Å². The SMILES string of the molecule is c1ccc(N2c3cccc4c3B(c3cccc(-c5cccc6c7ccccc7n(-c7ccccc7)c56)c32)c2cccc(-c3cccc5c6ccccc6n(-c6ccccc6)c35)c2N4c2ccccc2)cc1. The molecule has 0 fully saturated rings. The molecule has 0 radical (unpaired) electrons. The second kappa shape index (κ2) is 15.6. The Balaban J connectivity index is 1.06. The highest BCUT2D eigenvalue weighted by molar-refractivity contribution is 7.00. The van der Waals surface area contributed by atoms with E-state index in [9.17, 15) is 0 Å². The Kier molecular flexibility index (Phi) is 8.72. The molecule has 0 amide bonds. The molecule has 4 nitrogen and oxygen atoms in total. The van der Waals surface area contributed by atoms with Crippen molar-refractivity contribution in [3.63, 3.8) is 0 Å². The lowest BCUT2D eigenvalue weighted by molar-refractivity contribution is 1.18. The smallest absolute Gasteiger partial charge is 0.252 e. The lowest BCUT2D eigenvalue weighted by Gasteiger charge is -2.45. The van der Waals surface area contributed by atoms with Crippen LogP contribution in [-0.4, -0.2) is 15.8 Å². The summed E-state index contributed by atoms with van der Waals surface area (Å²) in [5, 5.41) is 4.95. The average molecular weight is 903 g/mol. The standard InChI is InChI=1S/C66H43BN4/c1-5-22-44(23-6-1)68-58-40-15-13-30-48(58)50-32-17-34-52(63(50)68)54-36-19-38-56-65(54)70(46-26-9-3-10-27-46)60-42-21-43-61-62(60)67(56)57-39-20-37-55(66(57)71(61)47-28-11-4-12-29-47)53-35-18-33-51-49-31-14-16-41-59(49)69(64(51)53)45-24-7-2-8-25-45/h1-43H. The van der Waals surface area contributed by atoms with Crippen molar-refractivity contribution in [1.29, 1.82) is 0 Å². The van der Waals surface area contributed by atoms with Crippen LogP contribution in [0.2, 0.25) is 0 Å². The van der Waals surface area contributed by atoms with Gasteiger partial charge in [-0.25, -0.2) is 0 Å². The molecular weight excluding hydrogens is 860 g/mol. The van der Waals surface area contributed by atoms with Gasteiger partial charge < -0.3 is 18.9 Å². The van der Waals surface area contributed by atoms with Gasteiger partial charge in [0, 0.05) is 89.3 Å². The van der Waals surface area contributed by atoms with Crippen LogP contribution in [0.5, 0.6) is 0 Å². The Bertz CT molecular complexity index is 3970. The fourth-order valence-electron chi connectivity index (χ4n) is 12.3. The van der Waals surface area contributed by atoms with Gasteiger partial charge in [0.25, 0.3) is 6.71 Å². The molecule has 11 aromatic carbocycles. The average Bonchev–Trinajstić information content (AvgIpc) is 3.97. The highest BCUT2D eigenvalue weighted by Crippen LogP contribution is 2.51. The number of fused-ring (bicyclic) bond motifs is 10. The van der Waals surface area contributed by atoms with Crippen LogP contribution in [0.1, 0.15) is 0 Å². The number of hydrogen-bond donors (Lipinski definition) is 0. The van der Waals surface area contributed by atoms with Crippen molar-refractivity contribution in [2.24, 2.45) is 0 Å². The first-order valence-corrected chi connectivity index (χ1v) is 24.6. The number of anilines is 6. The largest absolute Gasteiger partial charge is 0.311 e. The molecule has 4 heterocycles. The molecule has 0 N–H and O–H groups in total. The van der Waals surface area contributed by atoms with Crippen molar-refractivity contribution in [3.05, 3.63) is 261 Å². The minimum absolute atomic E-state index is 0.0932. The molecule has 0 spiro atoms. The molecule has 2 aliphatic rings. The van der Waals surface area contributed by atoms with E-state index < -0.39 is 0 Å². The topological polar surface area (TPSA) is 16.3 Å². The van der Waals surface area contributed by atoms with E-state index in [4.69, 9.17) is 0 Å². The van der Waals surface area contributed by atoms with E-state index in [0.717, 1.165) is 22.7 Å². The van der Waals surface area contributed by atoms with Crippen molar-refractivity contribution in [1.82, 2.24) is 9.13 Å². The van der Waals surface area contributed by atoms with Crippen LogP contribution in [0.15, 0.2) is 261 Å². The Morgan fingerprint density at radius 1 is 0.254 bits per heavy atom. The Morgan fingerprint density at radius 2 is 0.592 bits per heavy atom. The minimum atomic E-state index is -0.0932. The molecule has 5 heteroatoms. The van der Waals surface area contributed by atoms with Gasteiger partial charge in [-0.3, -0.25) is 0 Å². The fraction of sp³-hybridized carbons (Fsp3) is 0. The van der Waals surface area contributed by atoms with Crippen LogP contribution in [0.4, 0.5) is 34.1 Å². The molecule has 0 saturated carbocycles. The molecule has 0 aliphatic carbocycles. The van der Waals surface area contributed by atoms with Crippen LogP contribution < -0.4 is 26.2 Å². The van der Waals surface area contributed by atoms with Crippen LogP contribution in [-0.2, 0) is 0 Å². The third-order valence-electron chi connectivity index (χ3n) is 15.1. The number of rotatable bonds is 6. The lowest BCUT2D eigenvalue weighted by atomic mass is 9.33. The minimum Gasteiger partial charge on any atom is -0.311 e. The zero-order valence-electron chi connectivity index (χ0n) is 38.7. The third-order valence-corrected chi connectivity index (χ3v) is 15.1. The summed E-state index contributed by atoms with van der Waals surface area (Å²) in [5.74, 6) is 0. The van der Waals surface area contributed by atoms with E-state index in [2.05, 4.69) is 280 Å². The maximum Gasteiger partial charge on any atom is 0.252 e. The van der Waals surface area contributed by atoms with Crippen molar-refractivity contribution >= 4 is 101 Å². The van der Waals surface area contributed by atoms with Gasteiger partial charge in [-0.15, -0.1) is 0 Å². The summed E-state index contributed by atoms with van der Waals surface area (Å²) in [6.07, 6.45) is 0. The van der Waals surface area contributed by atoms with Gasteiger partial charge in [0.2, 0.25) is 0 Å². The number of benzene rings is 11. The molecule has 0 atom stereocenters. The van der Waals surface area contributed by atoms with Gasteiger partial charge in [-0.1, -0.05) is 188 Å². The summed E-state index contributed by atoms with van der Waals surface area (Å²) in [6, 6.07) is 96.1. The maximum atomic E-state index is 2.55. The first-order chi connectivity index (χ1) is 35.3. The second-order valence-electron chi connectivity index (χ2n) is 18.8. The molecule has 15 rings (SSSR count). The predicted molar refractivity (Wildman–Crippen MR) is 300 cm³/mol. The molecular formula is C66H43BN4. The van der Waals surface area contributed by atoms with E-state index in [0.29, 0.717) is 0 Å². The van der Waals surface area contributed by atoms with E-state index >= 15 is 0 Å². The van der Waals surface area contributed by atoms with Gasteiger partial charge in [-0.2, -0.15) is 0 Å². The number of nitrogens with zero attached hydrogens (tertiary/aromatic N) is 4. The van der Waals surface area contributed by atoms with Crippen molar-refractivity contribution in [2.75, 3.05) is 9.80 Å². The van der Waals surface area contributed by atoms with E-state index in [1.54, 1.807) is 0 Å². The normalized spacial score (nSPS) is 12.7. The molecule has 0 bridgehead atoms. The van der Waals surface area contributed by atoms with Crippen LogP contribution in [0.25, 0.3) is 77.2 Å². The maximum absolute atomic E-state index is 2.55. The summed E-state index contributed by atoms with van der Waals surface area (Å²) in [6.45, 7) is -0.0932. The zero-order chi connectivity index (χ0) is 46.6. The van der Waals surface area contributed by atoms with Crippen molar-refractivity contribution < 1.29 is 0 Å². The van der Waals surface area contributed by atoms with Crippen LogP contribution in [0, 0.1) is 0 Å². The molecule has 330 valence electrons. The van der Waals surface area contributed by atoms with Gasteiger partial charge in [0.05, 0.1) is 22.1 Å². The first kappa shape index (κ1) is 39.7. The molecule has 2 aromatic heterocycles. The van der Waals surface area contributed by atoms with Crippen molar-refractivity contribution in [3.8, 4) is 33.6 Å². The second-order valence-corrected chi connectivity index (χ2v) is 18.8. The quantitative estimate of drug-likeness (QED) is 0.155. The van der Waals surface area contributed by atoms with E-state index in [1.165, 1.54) is 105 Å². The Hall–Kier alpha value is -9.32. The third kappa shape index (κ3) is 5.75. The highest BCUT2D eigenvalue weighted by atomic mass is 15.2.